The van der Waals surface area contributed by atoms with E-state index in [9.17, 15) is 4.79 Å². The standard InChI is InChI=1S/C18H29O/c1-2-3-4-5-6-7-8-9-10-11-13-17-14-12-15-18(19)16-17/h12,14H,2-11,13,16H2,1H3. The van der Waals surface area contributed by atoms with Gasteiger partial charge in [0.15, 0.2) is 5.78 Å². The van der Waals surface area contributed by atoms with Crippen molar-refractivity contribution < 1.29 is 4.79 Å². The predicted molar refractivity (Wildman–Crippen MR) is 82.0 cm³/mol. The van der Waals surface area contributed by atoms with Crippen molar-refractivity contribution in [3.05, 3.63) is 23.8 Å². The summed E-state index contributed by atoms with van der Waals surface area (Å²) in [5.41, 5.74) is 1.29. The monoisotopic (exact) mass is 261 g/mol. The van der Waals surface area contributed by atoms with Crippen LogP contribution in [0.2, 0.25) is 0 Å². The Morgan fingerprint density at radius 2 is 1.53 bits per heavy atom. The molecule has 1 heteroatoms. The van der Waals surface area contributed by atoms with Gasteiger partial charge in [-0.2, -0.15) is 0 Å². The summed E-state index contributed by atoms with van der Waals surface area (Å²) in [4.78, 5) is 11.2. The zero-order chi connectivity index (χ0) is 13.8. The van der Waals surface area contributed by atoms with Crippen LogP contribution in [0, 0.1) is 6.08 Å². The molecule has 1 aliphatic rings. The molecular weight excluding hydrogens is 232 g/mol. The van der Waals surface area contributed by atoms with Crippen LogP contribution in [-0.2, 0) is 4.79 Å². The van der Waals surface area contributed by atoms with Crippen molar-refractivity contribution in [3.63, 3.8) is 0 Å². The van der Waals surface area contributed by atoms with E-state index in [1.165, 1.54) is 69.8 Å². The van der Waals surface area contributed by atoms with E-state index in [2.05, 4.69) is 19.1 Å². The van der Waals surface area contributed by atoms with Crippen LogP contribution in [0.4, 0.5) is 0 Å². The summed E-state index contributed by atoms with van der Waals surface area (Å²) in [7, 11) is 0. The third-order valence-corrected chi connectivity index (χ3v) is 3.80. The number of carbonyl (C=O) groups excluding carboxylic acids is 1. The van der Waals surface area contributed by atoms with Crippen molar-refractivity contribution in [2.24, 2.45) is 0 Å². The Hall–Kier alpha value is -0.850. The third kappa shape index (κ3) is 8.80. The van der Waals surface area contributed by atoms with Gasteiger partial charge in [-0.3, -0.25) is 4.79 Å². The van der Waals surface area contributed by atoms with E-state index in [1.807, 2.05) is 0 Å². The first-order chi connectivity index (χ1) is 9.33. The van der Waals surface area contributed by atoms with E-state index in [-0.39, 0.29) is 5.78 Å². The Morgan fingerprint density at radius 3 is 2.11 bits per heavy atom. The van der Waals surface area contributed by atoms with Crippen LogP contribution < -0.4 is 0 Å². The molecule has 0 aromatic rings. The molecule has 107 valence electrons. The van der Waals surface area contributed by atoms with Crippen molar-refractivity contribution in [3.8, 4) is 0 Å². The van der Waals surface area contributed by atoms with E-state index in [1.54, 1.807) is 6.08 Å². The second-order valence-corrected chi connectivity index (χ2v) is 5.67. The lowest BCUT2D eigenvalue weighted by Gasteiger charge is -2.07. The number of hydrogen-bond donors (Lipinski definition) is 0. The Kier molecular flexibility index (Phi) is 9.40. The van der Waals surface area contributed by atoms with Gasteiger partial charge < -0.3 is 0 Å². The number of hydrogen-bond acceptors (Lipinski definition) is 1. The minimum absolute atomic E-state index is 0.143. The summed E-state index contributed by atoms with van der Waals surface area (Å²) in [6.07, 6.45) is 22.0. The highest BCUT2D eigenvalue weighted by Gasteiger charge is 2.06. The topological polar surface area (TPSA) is 17.1 Å². The van der Waals surface area contributed by atoms with Gasteiger partial charge in [-0.15, -0.1) is 0 Å². The van der Waals surface area contributed by atoms with Gasteiger partial charge in [0, 0.05) is 12.5 Å². The first-order valence-electron chi connectivity index (χ1n) is 8.13. The second-order valence-electron chi connectivity index (χ2n) is 5.67. The van der Waals surface area contributed by atoms with Gasteiger partial charge >= 0.3 is 0 Å². The number of ketones is 1. The van der Waals surface area contributed by atoms with Crippen LogP contribution in [0.3, 0.4) is 0 Å². The molecule has 19 heavy (non-hydrogen) atoms. The zero-order valence-electron chi connectivity index (χ0n) is 12.5. The lowest BCUT2D eigenvalue weighted by Crippen LogP contribution is -2.00. The van der Waals surface area contributed by atoms with Gasteiger partial charge in [0.1, 0.15) is 0 Å². The molecule has 1 nitrogen and oxygen atoms in total. The zero-order valence-corrected chi connectivity index (χ0v) is 12.5. The lowest BCUT2D eigenvalue weighted by molar-refractivity contribution is -0.114. The maximum Gasteiger partial charge on any atom is 0.167 e. The number of rotatable bonds is 11. The van der Waals surface area contributed by atoms with E-state index in [4.69, 9.17) is 0 Å². The summed E-state index contributed by atoms with van der Waals surface area (Å²) in [6.45, 7) is 2.27. The average Bonchev–Trinajstić information content (AvgIpc) is 2.41. The quantitative estimate of drug-likeness (QED) is 0.445. The molecule has 0 aromatic carbocycles. The molecule has 0 aromatic heterocycles. The van der Waals surface area contributed by atoms with Gasteiger partial charge in [-0.25, -0.2) is 0 Å². The molecule has 0 spiro atoms. The normalized spacial score (nSPS) is 14.8. The summed E-state index contributed by atoms with van der Waals surface area (Å²) in [5.74, 6) is 0.143. The van der Waals surface area contributed by atoms with Gasteiger partial charge in [-0.1, -0.05) is 82.4 Å². The molecule has 0 aliphatic heterocycles. The van der Waals surface area contributed by atoms with Crippen LogP contribution in [0.15, 0.2) is 17.7 Å². The van der Waals surface area contributed by atoms with Crippen LogP contribution in [0.5, 0.6) is 0 Å². The molecule has 0 saturated heterocycles. The van der Waals surface area contributed by atoms with E-state index in [0.717, 1.165) is 6.42 Å². The summed E-state index contributed by atoms with van der Waals surface area (Å²) >= 11 is 0. The van der Waals surface area contributed by atoms with Gasteiger partial charge in [0.25, 0.3) is 0 Å². The molecule has 0 saturated carbocycles. The van der Waals surface area contributed by atoms with Crippen LogP contribution in [0.25, 0.3) is 0 Å². The average molecular weight is 261 g/mol. The Bertz CT molecular complexity index is 299. The molecule has 1 radical (unpaired) electrons. The molecular formula is C18H29O. The Balaban J connectivity index is 1.85. The lowest BCUT2D eigenvalue weighted by atomic mass is 9.97. The molecule has 0 heterocycles. The van der Waals surface area contributed by atoms with Crippen LogP contribution >= 0.6 is 0 Å². The van der Waals surface area contributed by atoms with Gasteiger partial charge in [0.2, 0.25) is 0 Å². The summed E-state index contributed by atoms with van der Waals surface area (Å²) in [5, 5.41) is 0. The first-order valence-corrected chi connectivity index (χ1v) is 8.13. The number of unbranched alkanes of at least 4 members (excludes halogenated alkanes) is 9. The first kappa shape index (κ1) is 16.2. The van der Waals surface area contributed by atoms with Crippen LogP contribution in [-0.4, -0.2) is 5.78 Å². The third-order valence-electron chi connectivity index (χ3n) is 3.80. The maximum absolute atomic E-state index is 11.2. The second kappa shape index (κ2) is 11.0. The minimum Gasteiger partial charge on any atom is -0.294 e. The van der Waals surface area contributed by atoms with Gasteiger partial charge in [-0.05, 0) is 12.8 Å². The van der Waals surface area contributed by atoms with Crippen molar-refractivity contribution in [2.45, 2.75) is 84.0 Å². The van der Waals surface area contributed by atoms with Crippen molar-refractivity contribution in [1.82, 2.24) is 0 Å². The molecule has 0 amide bonds. The molecule has 1 rings (SSSR count). The fraction of sp³-hybridized carbons (Fsp3) is 0.722. The SMILES string of the molecule is CCCCCCCCCCCCC1=CC=[C]C(=O)C1. The molecule has 0 unspecified atom stereocenters. The largest absolute Gasteiger partial charge is 0.294 e. The highest BCUT2D eigenvalue weighted by molar-refractivity contribution is 5.89. The van der Waals surface area contributed by atoms with E-state index >= 15 is 0 Å². The molecule has 1 aliphatic carbocycles. The smallest absolute Gasteiger partial charge is 0.167 e. The summed E-state index contributed by atoms with van der Waals surface area (Å²) in [6, 6.07) is 0. The van der Waals surface area contributed by atoms with Crippen molar-refractivity contribution in [1.29, 1.82) is 0 Å². The number of allylic oxidation sites excluding steroid dienone is 4. The Labute approximate surface area is 119 Å². The highest BCUT2D eigenvalue weighted by atomic mass is 16.1. The maximum atomic E-state index is 11.2. The molecule has 0 bridgehead atoms. The van der Waals surface area contributed by atoms with E-state index < -0.39 is 0 Å². The van der Waals surface area contributed by atoms with Crippen LogP contribution in [0.1, 0.15) is 84.0 Å². The fourth-order valence-corrected chi connectivity index (χ4v) is 2.58. The van der Waals surface area contributed by atoms with Crippen molar-refractivity contribution >= 4 is 5.78 Å². The van der Waals surface area contributed by atoms with Crippen molar-refractivity contribution in [2.75, 3.05) is 0 Å². The minimum atomic E-state index is 0.143. The Morgan fingerprint density at radius 1 is 0.947 bits per heavy atom. The molecule has 0 atom stereocenters. The molecule has 0 fully saturated rings. The molecule has 0 N–H and O–H groups in total. The number of Topliss-reactive ketones (excluding diaryl/α,β-unsaturated/α-hetero) is 1. The van der Waals surface area contributed by atoms with E-state index in [0.29, 0.717) is 6.42 Å². The fourth-order valence-electron chi connectivity index (χ4n) is 2.58. The van der Waals surface area contributed by atoms with Gasteiger partial charge in [0.05, 0.1) is 0 Å². The number of carbonyl (C=O) groups is 1. The highest BCUT2D eigenvalue weighted by Crippen LogP contribution is 2.17. The predicted octanol–water partition coefficient (Wildman–Crippen LogP) is 5.56. The summed E-state index contributed by atoms with van der Waals surface area (Å²) < 4.78 is 0.